The van der Waals surface area contributed by atoms with Crippen LogP contribution in [0.25, 0.3) is 0 Å². The van der Waals surface area contributed by atoms with E-state index in [0.717, 1.165) is 37.0 Å². The molecule has 0 saturated heterocycles. The van der Waals surface area contributed by atoms with Gasteiger partial charge in [-0.1, -0.05) is 0 Å². The predicted octanol–water partition coefficient (Wildman–Crippen LogP) is 3.08. The van der Waals surface area contributed by atoms with Gasteiger partial charge in [-0.2, -0.15) is 0 Å². The summed E-state index contributed by atoms with van der Waals surface area (Å²) in [5.74, 6) is -0.456. The van der Waals surface area contributed by atoms with Crippen molar-refractivity contribution in [2.45, 2.75) is 42.9 Å². The molecule has 0 radical (unpaired) electrons. The number of rotatable bonds is 3. The fourth-order valence-electron chi connectivity index (χ4n) is 2.06. The van der Waals surface area contributed by atoms with Crippen LogP contribution in [-0.2, 0) is 13.8 Å². The maximum absolute atomic E-state index is 11.9. The van der Waals surface area contributed by atoms with E-state index in [4.69, 9.17) is 15.4 Å². The number of hydrogen-bond acceptors (Lipinski definition) is 5. The zero-order valence-corrected chi connectivity index (χ0v) is 12.2. The number of hydrogen-bond donors (Lipinski definition) is 0. The fourth-order valence-corrected chi connectivity index (χ4v) is 4.60. The molecule has 0 amide bonds. The quantitative estimate of drug-likeness (QED) is 0.636. The smallest absolute Gasteiger partial charge is 0.339 e. The third-order valence-corrected chi connectivity index (χ3v) is 6.32. The van der Waals surface area contributed by atoms with Gasteiger partial charge in [0.15, 0.2) is 0 Å². The molecule has 4 nitrogen and oxygen atoms in total. The van der Waals surface area contributed by atoms with Gasteiger partial charge in [-0.15, -0.1) is 11.3 Å². The average Bonchev–Trinajstić information content (AvgIpc) is 2.85. The molecule has 1 aromatic heterocycles. The van der Waals surface area contributed by atoms with Gasteiger partial charge in [-0.25, -0.2) is 13.2 Å². The first-order valence-corrected chi connectivity index (χ1v) is 8.82. The van der Waals surface area contributed by atoms with Crippen LogP contribution in [0, 0.1) is 6.92 Å². The second-order valence-electron chi connectivity index (χ2n) is 4.31. The number of thiophene rings is 1. The molecule has 1 aliphatic rings. The third-order valence-electron chi connectivity index (χ3n) is 3.01. The molecule has 1 saturated carbocycles. The van der Waals surface area contributed by atoms with Crippen molar-refractivity contribution in [1.82, 2.24) is 0 Å². The van der Waals surface area contributed by atoms with Crippen LogP contribution in [0.2, 0.25) is 0 Å². The lowest BCUT2D eigenvalue weighted by Gasteiger charge is -2.10. The zero-order chi connectivity index (χ0) is 13.3. The van der Waals surface area contributed by atoms with E-state index in [1.807, 2.05) is 0 Å². The molecule has 0 unspecified atom stereocenters. The molecule has 100 valence electrons. The Labute approximate surface area is 114 Å². The largest absolute Gasteiger partial charge is 0.459 e. The van der Waals surface area contributed by atoms with Gasteiger partial charge in [0.2, 0.25) is 0 Å². The molecule has 0 spiro atoms. The maximum atomic E-state index is 11.9. The molecule has 0 N–H and O–H groups in total. The lowest BCUT2D eigenvalue weighted by Crippen LogP contribution is -2.15. The molecule has 0 atom stereocenters. The second kappa shape index (κ2) is 5.19. The number of ether oxygens (including phenoxy) is 1. The van der Waals surface area contributed by atoms with Gasteiger partial charge in [0.1, 0.15) is 10.3 Å². The van der Waals surface area contributed by atoms with Gasteiger partial charge in [-0.05, 0) is 38.2 Å². The minimum Gasteiger partial charge on any atom is -0.459 e. The molecule has 0 aromatic carbocycles. The maximum Gasteiger partial charge on any atom is 0.339 e. The van der Waals surface area contributed by atoms with Gasteiger partial charge in [0.25, 0.3) is 9.05 Å². The molecule has 1 aliphatic carbocycles. The Morgan fingerprint density at radius 1 is 1.44 bits per heavy atom. The first-order valence-electron chi connectivity index (χ1n) is 5.63. The first kappa shape index (κ1) is 13.8. The van der Waals surface area contributed by atoms with Gasteiger partial charge in [0.05, 0.1) is 5.56 Å². The summed E-state index contributed by atoms with van der Waals surface area (Å²) >= 11 is 0.949. The van der Waals surface area contributed by atoms with Crippen LogP contribution in [0.15, 0.2) is 9.59 Å². The molecule has 18 heavy (non-hydrogen) atoms. The van der Waals surface area contributed by atoms with Gasteiger partial charge in [-0.3, -0.25) is 0 Å². The summed E-state index contributed by atoms with van der Waals surface area (Å²) in [6, 6.07) is 0. The zero-order valence-electron chi connectivity index (χ0n) is 9.81. The molecule has 1 fully saturated rings. The minimum absolute atomic E-state index is 0.0162. The molecule has 1 aromatic rings. The van der Waals surface area contributed by atoms with Gasteiger partial charge in [0, 0.05) is 16.1 Å². The molecule has 0 aliphatic heterocycles. The first-order chi connectivity index (χ1) is 8.39. The van der Waals surface area contributed by atoms with E-state index in [0.29, 0.717) is 11.1 Å². The second-order valence-corrected chi connectivity index (χ2v) is 7.95. The fraction of sp³-hybridized carbons (Fsp3) is 0.545. The summed E-state index contributed by atoms with van der Waals surface area (Å²) in [6.45, 7) is 1.57. The Morgan fingerprint density at radius 2 is 2.06 bits per heavy atom. The van der Waals surface area contributed by atoms with Crippen LogP contribution in [0.4, 0.5) is 0 Å². The highest BCUT2D eigenvalue weighted by Gasteiger charge is 2.25. The number of carbonyl (C=O) groups excluding carboxylic acids is 1. The average molecular weight is 309 g/mol. The summed E-state index contributed by atoms with van der Waals surface area (Å²) in [5, 5.41) is 1.49. The molecular formula is C11H13ClO4S2. The van der Waals surface area contributed by atoms with Crippen molar-refractivity contribution >= 4 is 37.0 Å². The van der Waals surface area contributed by atoms with Crippen molar-refractivity contribution < 1.29 is 17.9 Å². The molecule has 1 heterocycles. The normalized spacial score (nSPS) is 17.0. The van der Waals surface area contributed by atoms with E-state index >= 15 is 0 Å². The SMILES string of the molecule is Cc1c(C(=O)OC2CCCC2)csc1S(=O)(=O)Cl. The highest BCUT2D eigenvalue weighted by atomic mass is 35.7. The summed E-state index contributed by atoms with van der Waals surface area (Å²) in [5.41, 5.74) is 0.670. The van der Waals surface area contributed by atoms with Crippen molar-refractivity contribution in [3.05, 3.63) is 16.5 Å². The van der Waals surface area contributed by atoms with E-state index in [9.17, 15) is 13.2 Å². The molecule has 2 rings (SSSR count). The summed E-state index contributed by atoms with van der Waals surface area (Å²) in [7, 11) is 1.49. The van der Waals surface area contributed by atoms with Crippen molar-refractivity contribution in [3.63, 3.8) is 0 Å². The highest BCUT2D eigenvalue weighted by Crippen LogP contribution is 2.30. The Morgan fingerprint density at radius 3 is 2.56 bits per heavy atom. The molecular weight excluding hydrogens is 296 g/mol. The number of carbonyl (C=O) groups is 1. The Hall–Kier alpha value is -0.590. The Bertz CT molecular complexity index is 556. The van der Waals surface area contributed by atoms with Crippen molar-refractivity contribution in [1.29, 1.82) is 0 Å². The van der Waals surface area contributed by atoms with Crippen LogP contribution in [0.5, 0.6) is 0 Å². The van der Waals surface area contributed by atoms with Crippen molar-refractivity contribution in [3.8, 4) is 0 Å². The van der Waals surface area contributed by atoms with E-state index < -0.39 is 15.0 Å². The molecule has 0 bridgehead atoms. The van der Waals surface area contributed by atoms with Crippen LogP contribution in [0.1, 0.15) is 41.6 Å². The van der Waals surface area contributed by atoms with Crippen molar-refractivity contribution in [2.24, 2.45) is 0 Å². The topological polar surface area (TPSA) is 60.4 Å². The molecule has 7 heteroatoms. The van der Waals surface area contributed by atoms with Crippen LogP contribution >= 0.6 is 22.0 Å². The minimum atomic E-state index is -3.79. The van der Waals surface area contributed by atoms with Crippen LogP contribution in [0.3, 0.4) is 0 Å². The number of esters is 1. The summed E-state index contributed by atoms with van der Waals surface area (Å²) in [6.07, 6.45) is 3.88. The monoisotopic (exact) mass is 308 g/mol. The highest BCUT2D eigenvalue weighted by molar-refractivity contribution is 8.15. The Balaban J connectivity index is 2.18. The lowest BCUT2D eigenvalue weighted by molar-refractivity contribution is 0.0317. The standard InChI is InChI=1S/C11H13ClO4S2/c1-7-9(6-17-11(7)18(12,14)15)10(13)16-8-4-2-3-5-8/h6,8H,2-5H2,1H3. The van der Waals surface area contributed by atoms with E-state index in [-0.39, 0.29) is 10.3 Å². The number of halogens is 1. The summed E-state index contributed by atoms with van der Waals surface area (Å²) in [4.78, 5) is 11.9. The van der Waals surface area contributed by atoms with Gasteiger partial charge < -0.3 is 4.74 Å². The van der Waals surface area contributed by atoms with Crippen LogP contribution in [-0.4, -0.2) is 20.5 Å². The summed E-state index contributed by atoms with van der Waals surface area (Å²) < 4.78 is 27.9. The van der Waals surface area contributed by atoms with Gasteiger partial charge >= 0.3 is 5.97 Å². The predicted molar refractivity (Wildman–Crippen MR) is 69.8 cm³/mol. The van der Waals surface area contributed by atoms with Crippen molar-refractivity contribution in [2.75, 3.05) is 0 Å². The Kier molecular flexibility index (Phi) is 3.99. The lowest BCUT2D eigenvalue weighted by atomic mass is 10.2. The van der Waals surface area contributed by atoms with Crippen LogP contribution < -0.4 is 0 Å². The van der Waals surface area contributed by atoms with E-state index in [1.165, 1.54) is 5.38 Å². The van der Waals surface area contributed by atoms with E-state index in [2.05, 4.69) is 0 Å². The van der Waals surface area contributed by atoms with E-state index in [1.54, 1.807) is 6.92 Å². The third kappa shape index (κ3) is 2.87.